The molecule has 0 radical (unpaired) electrons. The van der Waals surface area contributed by atoms with Gasteiger partial charge < -0.3 is 4.74 Å². The zero-order chi connectivity index (χ0) is 17.4. The van der Waals surface area contributed by atoms with Crippen LogP contribution in [-0.2, 0) is 4.79 Å². The van der Waals surface area contributed by atoms with Gasteiger partial charge in [0.2, 0.25) is 0 Å². The third-order valence-corrected chi connectivity index (χ3v) is 3.89. The maximum atomic E-state index is 10.4. The lowest BCUT2D eigenvalue weighted by Crippen LogP contribution is -1.95. The molecule has 0 fully saturated rings. The van der Waals surface area contributed by atoms with Crippen LogP contribution in [-0.4, -0.2) is 13.4 Å². The molecule has 2 nitrogen and oxygen atoms in total. The predicted octanol–water partition coefficient (Wildman–Crippen LogP) is 5.28. The highest BCUT2D eigenvalue weighted by atomic mass is 16.5. The van der Waals surface area contributed by atoms with Crippen molar-refractivity contribution in [3.05, 3.63) is 69.8 Å². The molecule has 0 heterocycles. The fourth-order valence-electron chi connectivity index (χ4n) is 2.32. The summed E-state index contributed by atoms with van der Waals surface area (Å²) in [6, 6.07) is 2.08. The van der Waals surface area contributed by atoms with Crippen LogP contribution in [0.3, 0.4) is 0 Å². The molecule has 0 saturated heterocycles. The molecule has 1 rings (SSSR count). The molecule has 0 amide bonds. The minimum absolute atomic E-state index is 0.799. The summed E-state index contributed by atoms with van der Waals surface area (Å²) in [6.45, 7) is 10.3. The number of hydrogen-bond donors (Lipinski definition) is 0. The quantitative estimate of drug-likeness (QED) is 0.406. The first-order valence-electron chi connectivity index (χ1n) is 7.70. The standard InChI is InChI=1S/C21H26O2/c1-15(8-7-9-16(2)12-13-22)10-11-20-17(3)14-21(23-6)19(5)18(20)4/h7-14H,1-6H3/b9-7+,11-10+,15-8+,16-12+. The highest BCUT2D eigenvalue weighted by Gasteiger charge is 2.08. The van der Waals surface area contributed by atoms with Gasteiger partial charge in [-0.2, -0.15) is 0 Å². The van der Waals surface area contributed by atoms with Gasteiger partial charge in [-0.1, -0.05) is 36.0 Å². The number of carbonyl (C=O) groups excluding carboxylic acids is 1. The van der Waals surface area contributed by atoms with E-state index in [-0.39, 0.29) is 0 Å². The Hall–Kier alpha value is -2.35. The van der Waals surface area contributed by atoms with E-state index in [1.165, 1.54) is 22.3 Å². The topological polar surface area (TPSA) is 26.3 Å². The van der Waals surface area contributed by atoms with Gasteiger partial charge >= 0.3 is 0 Å². The third kappa shape index (κ3) is 5.41. The van der Waals surface area contributed by atoms with Crippen molar-refractivity contribution in [2.75, 3.05) is 7.11 Å². The number of allylic oxidation sites excluding steroid dienone is 7. The van der Waals surface area contributed by atoms with Crippen LogP contribution in [0, 0.1) is 20.8 Å². The van der Waals surface area contributed by atoms with E-state index in [1.54, 1.807) is 13.2 Å². The molecule has 1 aromatic carbocycles. The van der Waals surface area contributed by atoms with Gasteiger partial charge in [-0.15, -0.1) is 0 Å². The number of rotatable bonds is 6. The van der Waals surface area contributed by atoms with Crippen molar-refractivity contribution in [3.8, 4) is 5.75 Å². The SMILES string of the molecule is COc1cc(C)c(/C=C/C(C)=C/C=C/C(C)=C/C=O)c(C)c1C. The van der Waals surface area contributed by atoms with Crippen molar-refractivity contribution in [1.29, 1.82) is 0 Å². The second-order valence-corrected chi connectivity index (χ2v) is 5.71. The van der Waals surface area contributed by atoms with E-state index in [1.807, 2.05) is 25.2 Å². The Labute approximate surface area is 139 Å². The minimum Gasteiger partial charge on any atom is -0.496 e. The second-order valence-electron chi connectivity index (χ2n) is 5.71. The van der Waals surface area contributed by atoms with Crippen LogP contribution >= 0.6 is 0 Å². The van der Waals surface area contributed by atoms with E-state index in [0.29, 0.717) is 0 Å². The zero-order valence-electron chi connectivity index (χ0n) is 14.9. The molecule has 0 saturated carbocycles. The van der Waals surface area contributed by atoms with Crippen LogP contribution in [0.4, 0.5) is 0 Å². The number of hydrogen-bond acceptors (Lipinski definition) is 2. The molecular formula is C21H26O2. The molecule has 0 aliphatic heterocycles. The normalized spacial score (nSPS) is 13.1. The zero-order valence-corrected chi connectivity index (χ0v) is 14.9. The van der Waals surface area contributed by atoms with Gasteiger partial charge in [0, 0.05) is 0 Å². The molecule has 0 unspecified atom stereocenters. The van der Waals surface area contributed by atoms with Crippen LogP contribution in [0.5, 0.6) is 5.75 Å². The summed E-state index contributed by atoms with van der Waals surface area (Å²) in [5.41, 5.74) is 6.93. The van der Waals surface area contributed by atoms with Gasteiger partial charge in [0.05, 0.1) is 7.11 Å². The monoisotopic (exact) mass is 310 g/mol. The van der Waals surface area contributed by atoms with E-state index >= 15 is 0 Å². The van der Waals surface area contributed by atoms with Crippen LogP contribution in [0.25, 0.3) is 6.08 Å². The number of benzene rings is 1. The molecule has 0 aliphatic rings. The van der Waals surface area contributed by atoms with Crippen molar-refractivity contribution in [1.82, 2.24) is 0 Å². The van der Waals surface area contributed by atoms with Crippen LogP contribution in [0.2, 0.25) is 0 Å². The summed E-state index contributed by atoms with van der Waals surface area (Å²) in [7, 11) is 1.71. The number of aldehydes is 1. The molecule has 0 spiro atoms. The molecular weight excluding hydrogens is 284 g/mol. The molecule has 0 N–H and O–H groups in total. The van der Waals surface area contributed by atoms with Gasteiger partial charge in [-0.3, -0.25) is 4.79 Å². The number of methoxy groups -OCH3 is 1. The fraction of sp³-hybridized carbons (Fsp3) is 0.286. The highest BCUT2D eigenvalue weighted by molar-refractivity contribution is 5.67. The Balaban J connectivity index is 2.99. The summed E-state index contributed by atoms with van der Waals surface area (Å²) >= 11 is 0. The lowest BCUT2D eigenvalue weighted by molar-refractivity contribution is -0.104. The first-order valence-corrected chi connectivity index (χ1v) is 7.70. The molecule has 122 valence electrons. The van der Waals surface area contributed by atoms with Crippen molar-refractivity contribution >= 4 is 12.4 Å². The number of aryl methyl sites for hydroxylation is 1. The Morgan fingerprint density at radius 2 is 1.65 bits per heavy atom. The van der Waals surface area contributed by atoms with E-state index in [9.17, 15) is 4.79 Å². The summed E-state index contributed by atoms with van der Waals surface area (Å²) in [6.07, 6.45) is 12.5. The first-order chi connectivity index (χ1) is 10.9. The smallest absolute Gasteiger partial charge is 0.143 e. The maximum absolute atomic E-state index is 10.4. The second kappa shape index (κ2) is 8.94. The Bertz CT molecular complexity index is 686. The molecule has 1 aromatic rings. The van der Waals surface area contributed by atoms with Crippen molar-refractivity contribution in [3.63, 3.8) is 0 Å². The summed E-state index contributed by atoms with van der Waals surface area (Å²) in [5.74, 6) is 0.935. The largest absolute Gasteiger partial charge is 0.496 e. The van der Waals surface area contributed by atoms with E-state index in [4.69, 9.17) is 4.74 Å². The Morgan fingerprint density at radius 3 is 2.26 bits per heavy atom. The fourth-order valence-corrected chi connectivity index (χ4v) is 2.32. The van der Waals surface area contributed by atoms with Gasteiger partial charge in [0.15, 0.2) is 0 Å². The summed E-state index contributed by atoms with van der Waals surface area (Å²) in [5, 5.41) is 0. The minimum atomic E-state index is 0.799. The molecule has 0 aromatic heterocycles. The Kier molecular flexibility index (Phi) is 7.27. The van der Waals surface area contributed by atoms with Crippen LogP contribution < -0.4 is 4.74 Å². The third-order valence-electron chi connectivity index (χ3n) is 3.89. The predicted molar refractivity (Wildman–Crippen MR) is 99.0 cm³/mol. The average Bonchev–Trinajstić information content (AvgIpc) is 2.51. The highest BCUT2D eigenvalue weighted by Crippen LogP contribution is 2.28. The Morgan fingerprint density at radius 1 is 1.00 bits per heavy atom. The van der Waals surface area contributed by atoms with E-state index < -0.39 is 0 Å². The molecule has 2 heteroatoms. The maximum Gasteiger partial charge on any atom is 0.143 e. The number of carbonyl (C=O) groups is 1. The lowest BCUT2D eigenvalue weighted by Gasteiger charge is -2.13. The van der Waals surface area contributed by atoms with Crippen LogP contribution in [0.15, 0.2) is 47.6 Å². The van der Waals surface area contributed by atoms with Crippen molar-refractivity contribution < 1.29 is 9.53 Å². The number of ether oxygens (including phenoxy) is 1. The van der Waals surface area contributed by atoms with Crippen molar-refractivity contribution in [2.45, 2.75) is 34.6 Å². The van der Waals surface area contributed by atoms with E-state index in [2.05, 4.69) is 45.9 Å². The molecule has 0 aliphatic carbocycles. The molecule has 0 atom stereocenters. The van der Waals surface area contributed by atoms with Gasteiger partial charge in [-0.05, 0) is 74.6 Å². The van der Waals surface area contributed by atoms with Crippen molar-refractivity contribution in [2.24, 2.45) is 0 Å². The summed E-state index contributed by atoms with van der Waals surface area (Å²) in [4.78, 5) is 10.4. The van der Waals surface area contributed by atoms with Gasteiger partial charge in [0.1, 0.15) is 12.0 Å². The van der Waals surface area contributed by atoms with Crippen LogP contribution in [0.1, 0.15) is 36.1 Å². The summed E-state index contributed by atoms with van der Waals surface area (Å²) < 4.78 is 5.41. The van der Waals surface area contributed by atoms with Gasteiger partial charge in [0.25, 0.3) is 0 Å². The van der Waals surface area contributed by atoms with Gasteiger partial charge in [-0.25, -0.2) is 0 Å². The lowest BCUT2D eigenvalue weighted by atomic mass is 9.96. The average molecular weight is 310 g/mol. The first kappa shape index (κ1) is 18.7. The molecule has 0 bridgehead atoms. The van der Waals surface area contributed by atoms with E-state index in [0.717, 1.165) is 23.2 Å². The molecule has 23 heavy (non-hydrogen) atoms.